The molecule has 0 radical (unpaired) electrons. The van der Waals surface area contributed by atoms with Crippen molar-refractivity contribution in [2.24, 2.45) is 0 Å². The fraction of sp³-hybridized carbons (Fsp3) is 0.0625. The van der Waals surface area contributed by atoms with Gasteiger partial charge >= 0.3 is 0 Å². The third-order valence-corrected chi connectivity index (χ3v) is 4.57. The summed E-state index contributed by atoms with van der Waals surface area (Å²) in [6, 6.07) is 14.1. The molecule has 0 atom stereocenters. The number of benzene rings is 1. The van der Waals surface area contributed by atoms with E-state index in [9.17, 15) is 0 Å². The van der Waals surface area contributed by atoms with Crippen LogP contribution in [0.25, 0.3) is 27.3 Å². The van der Waals surface area contributed by atoms with E-state index in [1.165, 1.54) is 0 Å². The first-order valence-corrected chi connectivity index (χ1v) is 8.12. The number of aromatic nitrogens is 4. The van der Waals surface area contributed by atoms with Crippen LogP contribution in [0, 0.1) is 11.7 Å². The number of nitrogens with zero attached hydrogens (tertiary/aromatic N) is 3. The minimum atomic E-state index is 0.466. The molecule has 4 nitrogen and oxygen atoms in total. The smallest absolute Gasteiger partial charge is 0.199 e. The Morgan fingerprint density at radius 1 is 1.14 bits per heavy atom. The topological polar surface area (TPSA) is 46.5 Å². The van der Waals surface area contributed by atoms with Crippen LogP contribution >= 0.6 is 23.6 Å². The van der Waals surface area contributed by atoms with Crippen molar-refractivity contribution >= 4 is 34.6 Å². The van der Waals surface area contributed by atoms with Gasteiger partial charge in [0.1, 0.15) is 0 Å². The minimum Gasteiger partial charge on any atom is -0.329 e. The molecule has 1 N–H and O–H groups in total. The van der Waals surface area contributed by atoms with Crippen molar-refractivity contribution in [2.45, 2.75) is 6.92 Å². The third kappa shape index (κ3) is 2.08. The van der Waals surface area contributed by atoms with Gasteiger partial charge < -0.3 is 4.98 Å². The predicted molar refractivity (Wildman–Crippen MR) is 92.1 cm³/mol. The molecule has 0 aliphatic rings. The van der Waals surface area contributed by atoms with Gasteiger partial charge in [-0.05, 0) is 42.7 Å². The van der Waals surface area contributed by atoms with Crippen LogP contribution in [0.15, 0.2) is 47.8 Å². The number of aromatic amines is 1. The van der Waals surface area contributed by atoms with Crippen molar-refractivity contribution in [1.82, 2.24) is 19.7 Å². The van der Waals surface area contributed by atoms with Gasteiger partial charge in [-0.15, -0.1) is 11.3 Å². The normalized spacial score (nSPS) is 11.1. The first-order chi connectivity index (χ1) is 10.7. The average molecular weight is 324 g/mol. The lowest BCUT2D eigenvalue weighted by Crippen LogP contribution is -1.98. The molecule has 4 aromatic rings. The van der Waals surface area contributed by atoms with E-state index in [-0.39, 0.29) is 0 Å². The third-order valence-electron chi connectivity index (χ3n) is 3.49. The van der Waals surface area contributed by atoms with Crippen LogP contribution in [0.2, 0.25) is 0 Å². The molecule has 0 bridgehead atoms. The van der Waals surface area contributed by atoms with E-state index < -0.39 is 0 Å². The van der Waals surface area contributed by atoms with Crippen molar-refractivity contribution in [2.75, 3.05) is 0 Å². The van der Waals surface area contributed by atoms with Crippen LogP contribution in [0.4, 0.5) is 0 Å². The van der Waals surface area contributed by atoms with Gasteiger partial charge in [0.05, 0.1) is 27.3 Å². The van der Waals surface area contributed by atoms with Crippen LogP contribution in [0.5, 0.6) is 0 Å². The van der Waals surface area contributed by atoms with Gasteiger partial charge in [0, 0.05) is 0 Å². The SMILES string of the molecule is Cc1nn(-c2ccccc2)c2nc(=S)[nH]c(-c3cccs3)c12. The number of hydrogen-bond donors (Lipinski definition) is 1. The second-order valence-electron chi connectivity index (χ2n) is 4.93. The zero-order chi connectivity index (χ0) is 15.1. The first kappa shape index (κ1) is 13.4. The summed E-state index contributed by atoms with van der Waals surface area (Å²) in [4.78, 5) is 8.86. The summed E-state index contributed by atoms with van der Waals surface area (Å²) in [5.74, 6) is 0. The number of thiophene rings is 1. The second kappa shape index (κ2) is 5.15. The molecule has 3 heterocycles. The Labute approximate surface area is 136 Å². The Bertz CT molecular complexity index is 998. The van der Waals surface area contributed by atoms with E-state index in [1.54, 1.807) is 11.3 Å². The summed E-state index contributed by atoms with van der Waals surface area (Å²) in [5, 5.41) is 7.73. The Kier molecular flexibility index (Phi) is 3.13. The molecule has 0 saturated heterocycles. The average Bonchev–Trinajstić information content (AvgIpc) is 3.16. The number of para-hydroxylation sites is 1. The van der Waals surface area contributed by atoms with E-state index in [4.69, 9.17) is 12.2 Å². The zero-order valence-corrected chi connectivity index (χ0v) is 13.4. The van der Waals surface area contributed by atoms with E-state index in [1.807, 2.05) is 48.0 Å². The molecular formula is C16H12N4S2. The van der Waals surface area contributed by atoms with Crippen molar-refractivity contribution in [1.29, 1.82) is 0 Å². The van der Waals surface area contributed by atoms with E-state index in [0.29, 0.717) is 4.77 Å². The zero-order valence-electron chi connectivity index (χ0n) is 11.8. The lowest BCUT2D eigenvalue weighted by Gasteiger charge is -2.04. The van der Waals surface area contributed by atoms with Crippen LogP contribution in [-0.2, 0) is 0 Å². The maximum Gasteiger partial charge on any atom is 0.199 e. The largest absolute Gasteiger partial charge is 0.329 e. The molecule has 0 spiro atoms. The fourth-order valence-electron chi connectivity index (χ4n) is 2.56. The van der Waals surface area contributed by atoms with Crippen molar-refractivity contribution in [3.8, 4) is 16.3 Å². The highest BCUT2D eigenvalue weighted by Crippen LogP contribution is 2.31. The number of aryl methyl sites for hydroxylation is 1. The van der Waals surface area contributed by atoms with Crippen molar-refractivity contribution in [3.63, 3.8) is 0 Å². The Balaban J connectivity index is 2.10. The van der Waals surface area contributed by atoms with Gasteiger partial charge in [-0.3, -0.25) is 0 Å². The summed E-state index contributed by atoms with van der Waals surface area (Å²) >= 11 is 6.99. The molecule has 3 aromatic heterocycles. The second-order valence-corrected chi connectivity index (χ2v) is 6.26. The molecule has 0 aliphatic carbocycles. The molecular weight excluding hydrogens is 312 g/mol. The molecule has 0 amide bonds. The van der Waals surface area contributed by atoms with Gasteiger partial charge in [-0.2, -0.15) is 10.1 Å². The van der Waals surface area contributed by atoms with E-state index in [0.717, 1.165) is 33.0 Å². The number of H-pyrrole nitrogens is 1. The summed E-state index contributed by atoms with van der Waals surface area (Å²) < 4.78 is 2.32. The van der Waals surface area contributed by atoms with E-state index >= 15 is 0 Å². The summed E-state index contributed by atoms with van der Waals surface area (Å²) in [6.07, 6.45) is 0. The number of hydrogen-bond acceptors (Lipinski definition) is 4. The van der Waals surface area contributed by atoms with Gasteiger partial charge in [-0.25, -0.2) is 4.68 Å². The molecule has 0 fully saturated rings. The van der Waals surface area contributed by atoms with Crippen molar-refractivity contribution < 1.29 is 0 Å². The summed E-state index contributed by atoms with van der Waals surface area (Å²) in [5.41, 5.74) is 3.69. The van der Waals surface area contributed by atoms with Crippen LogP contribution in [0.3, 0.4) is 0 Å². The molecule has 0 aliphatic heterocycles. The molecule has 1 aromatic carbocycles. The minimum absolute atomic E-state index is 0.466. The highest BCUT2D eigenvalue weighted by Gasteiger charge is 2.16. The van der Waals surface area contributed by atoms with Gasteiger partial charge in [0.2, 0.25) is 0 Å². The Morgan fingerprint density at radius 3 is 2.68 bits per heavy atom. The lowest BCUT2D eigenvalue weighted by atomic mass is 10.2. The predicted octanol–water partition coefficient (Wildman–Crippen LogP) is 4.52. The van der Waals surface area contributed by atoms with Gasteiger partial charge in [-0.1, -0.05) is 24.3 Å². The maximum atomic E-state index is 5.32. The van der Waals surface area contributed by atoms with Crippen molar-refractivity contribution in [3.05, 3.63) is 58.3 Å². The molecule has 0 unspecified atom stereocenters. The molecule has 0 saturated carbocycles. The van der Waals surface area contributed by atoms with Crippen LogP contribution in [-0.4, -0.2) is 19.7 Å². The standard InChI is InChI=1S/C16H12N4S2/c1-10-13-14(12-8-5-9-22-12)17-16(21)18-15(13)20(19-10)11-6-3-2-4-7-11/h2-9H,1H3,(H,17,18,21). The van der Waals surface area contributed by atoms with Gasteiger partial charge in [0.25, 0.3) is 0 Å². The van der Waals surface area contributed by atoms with E-state index in [2.05, 4.69) is 26.5 Å². The van der Waals surface area contributed by atoms with Crippen LogP contribution in [0.1, 0.15) is 5.69 Å². The first-order valence-electron chi connectivity index (χ1n) is 6.83. The molecule has 22 heavy (non-hydrogen) atoms. The maximum absolute atomic E-state index is 5.32. The Morgan fingerprint density at radius 2 is 1.95 bits per heavy atom. The number of rotatable bonds is 2. The highest BCUT2D eigenvalue weighted by atomic mass is 32.1. The monoisotopic (exact) mass is 324 g/mol. The molecule has 4 rings (SSSR count). The summed E-state index contributed by atoms with van der Waals surface area (Å²) in [7, 11) is 0. The molecule has 108 valence electrons. The number of fused-ring (bicyclic) bond motifs is 1. The highest BCUT2D eigenvalue weighted by molar-refractivity contribution is 7.71. The molecule has 6 heteroatoms. The van der Waals surface area contributed by atoms with Gasteiger partial charge in [0.15, 0.2) is 10.4 Å². The Hall–Kier alpha value is -2.31. The summed E-state index contributed by atoms with van der Waals surface area (Å²) in [6.45, 7) is 2.00. The lowest BCUT2D eigenvalue weighted by molar-refractivity contribution is 0.875. The fourth-order valence-corrected chi connectivity index (χ4v) is 3.48. The van der Waals surface area contributed by atoms with Crippen LogP contribution < -0.4 is 0 Å². The number of nitrogens with one attached hydrogen (secondary N) is 1. The quantitative estimate of drug-likeness (QED) is 0.552.